The molecule has 5 fully saturated rings. The first-order valence-electron chi connectivity index (χ1n) is 13.0. The van der Waals surface area contributed by atoms with E-state index in [9.17, 15) is 14.4 Å². The van der Waals surface area contributed by atoms with E-state index in [1.807, 2.05) is 15.9 Å². The van der Waals surface area contributed by atoms with E-state index in [0.717, 1.165) is 84.5 Å². The van der Waals surface area contributed by atoms with Crippen LogP contribution in [0.2, 0.25) is 0 Å². The average Bonchev–Trinajstić information content (AvgIpc) is 2.84. The van der Waals surface area contributed by atoms with Crippen LogP contribution in [0.3, 0.4) is 0 Å². The average molecular weight is 458 g/mol. The number of fused-ring (bicyclic) bond motifs is 4. The third-order valence-corrected chi connectivity index (χ3v) is 8.64. The number of nitrogens with zero attached hydrogens (tertiary/aromatic N) is 5. The highest BCUT2D eigenvalue weighted by Gasteiger charge is 2.45. The van der Waals surface area contributed by atoms with Crippen LogP contribution in [-0.4, -0.2) is 114 Å². The van der Waals surface area contributed by atoms with Crippen LogP contribution in [-0.2, 0) is 9.59 Å². The number of hydrogen-bond donors (Lipinski definition) is 0. The second-order valence-electron chi connectivity index (χ2n) is 10.7. The Labute approximate surface area is 197 Å². The van der Waals surface area contributed by atoms with Crippen LogP contribution < -0.4 is 0 Å². The molecule has 0 aromatic carbocycles. The fourth-order valence-corrected chi connectivity index (χ4v) is 6.88. The van der Waals surface area contributed by atoms with E-state index in [0.29, 0.717) is 43.3 Å². The van der Waals surface area contributed by atoms with Crippen molar-refractivity contribution < 1.29 is 14.4 Å². The summed E-state index contributed by atoms with van der Waals surface area (Å²) in [5.41, 5.74) is 0. The summed E-state index contributed by atoms with van der Waals surface area (Å²) >= 11 is 0. The molecule has 0 unspecified atom stereocenters. The Morgan fingerprint density at radius 3 is 2.39 bits per heavy atom. The second kappa shape index (κ2) is 9.65. The molecule has 2 bridgehead atoms. The summed E-state index contributed by atoms with van der Waals surface area (Å²) in [6, 6.07) is 0.470. The van der Waals surface area contributed by atoms with Gasteiger partial charge in [0.15, 0.2) is 0 Å². The first-order chi connectivity index (χ1) is 16.0. The van der Waals surface area contributed by atoms with Gasteiger partial charge in [0.1, 0.15) is 0 Å². The Morgan fingerprint density at radius 1 is 0.909 bits per heavy atom. The van der Waals surface area contributed by atoms with Gasteiger partial charge in [0, 0.05) is 83.8 Å². The van der Waals surface area contributed by atoms with Gasteiger partial charge in [-0.25, -0.2) is 4.79 Å². The maximum Gasteiger partial charge on any atom is 0.320 e. The lowest BCUT2D eigenvalue weighted by atomic mass is 9.76. The van der Waals surface area contributed by atoms with E-state index in [1.165, 1.54) is 0 Å². The van der Waals surface area contributed by atoms with E-state index < -0.39 is 0 Å². The zero-order valence-electron chi connectivity index (χ0n) is 19.9. The van der Waals surface area contributed by atoms with Gasteiger partial charge in [-0.05, 0) is 43.9 Å². The summed E-state index contributed by atoms with van der Waals surface area (Å²) in [6.45, 7) is 11.8. The normalized spacial score (nSPS) is 31.4. The molecule has 0 aliphatic carbocycles. The van der Waals surface area contributed by atoms with Crippen LogP contribution >= 0.6 is 0 Å². The molecular formula is C25H39N5O3. The predicted octanol–water partition coefficient (Wildman–Crippen LogP) is 1.48. The number of piperazine rings is 1. The molecule has 0 radical (unpaired) electrons. The molecule has 3 atom stereocenters. The third kappa shape index (κ3) is 4.63. The lowest BCUT2D eigenvalue weighted by Gasteiger charge is -2.53. The third-order valence-electron chi connectivity index (χ3n) is 8.64. The topological polar surface area (TPSA) is 67.4 Å². The molecule has 5 heterocycles. The number of hydrogen-bond acceptors (Lipinski definition) is 4. The van der Waals surface area contributed by atoms with E-state index in [1.54, 1.807) is 0 Å². The van der Waals surface area contributed by atoms with Crippen LogP contribution in [0.5, 0.6) is 0 Å². The number of piperidine rings is 4. The molecule has 0 spiro atoms. The van der Waals surface area contributed by atoms with Crippen LogP contribution in [0, 0.1) is 17.8 Å². The molecule has 0 aromatic rings. The van der Waals surface area contributed by atoms with E-state index in [-0.39, 0.29) is 17.9 Å². The number of carbonyl (C=O) groups excluding carboxylic acids is 3. The van der Waals surface area contributed by atoms with Gasteiger partial charge in [0.05, 0.1) is 0 Å². The molecular weight excluding hydrogens is 418 g/mol. The minimum absolute atomic E-state index is 0.0440. The van der Waals surface area contributed by atoms with Crippen molar-refractivity contribution in [2.24, 2.45) is 17.8 Å². The molecule has 0 saturated carbocycles. The summed E-state index contributed by atoms with van der Waals surface area (Å²) in [5, 5.41) is 0. The highest BCUT2D eigenvalue weighted by Crippen LogP contribution is 2.38. The summed E-state index contributed by atoms with van der Waals surface area (Å²) < 4.78 is 0. The van der Waals surface area contributed by atoms with E-state index >= 15 is 0 Å². The molecule has 5 aliphatic heterocycles. The monoisotopic (exact) mass is 457 g/mol. The van der Waals surface area contributed by atoms with Crippen molar-refractivity contribution in [1.29, 1.82) is 0 Å². The lowest BCUT2D eigenvalue weighted by Crippen LogP contribution is -2.62. The van der Waals surface area contributed by atoms with Crippen molar-refractivity contribution in [2.45, 2.75) is 44.6 Å². The zero-order valence-corrected chi connectivity index (χ0v) is 19.9. The highest BCUT2D eigenvalue weighted by molar-refractivity contribution is 5.80. The Kier molecular flexibility index (Phi) is 6.63. The Bertz CT molecular complexity index is 772. The fraction of sp³-hybridized carbons (Fsp3) is 0.800. The van der Waals surface area contributed by atoms with Gasteiger partial charge >= 0.3 is 6.03 Å². The molecule has 5 aliphatic rings. The lowest BCUT2D eigenvalue weighted by molar-refractivity contribution is -0.144. The standard InChI is InChI=1S/C25H39N5O3/c1-2-8-26-11-13-27(14-12-26)24(32)20-6-9-28(10-7-20)25(33)29-16-19-15-21(18-29)22-4-3-5-23(31)30(22)17-19/h2,19-22H,1,3-18H2/t19-,21+,22+/m0/s1. The first-order valence-corrected chi connectivity index (χ1v) is 13.0. The van der Waals surface area contributed by atoms with Crippen LogP contribution in [0.4, 0.5) is 4.79 Å². The number of rotatable bonds is 3. The molecule has 5 saturated heterocycles. The van der Waals surface area contributed by atoms with Gasteiger partial charge in [0.2, 0.25) is 11.8 Å². The second-order valence-corrected chi connectivity index (χ2v) is 10.7. The van der Waals surface area contributed by atoms with Crippen molar-refractivity contribution >= 4 is 17.8 Å². The van der Waals surface area contributed by atoms with Crippen molar-refractivity contribution in [3.63, 3.8) is 0 Å². The minimum Gasteiger partial charge on any atom is -0.340 e. The number of likely N-dealkylation sites (tertiary alicyclic amines) is 2. The van der Waals surface area contributed by atoms with Crippen LogP contribution in [0.15, 0.2) is 12.7 Å². The molecule has 0 aromatic heterocycles. The molecule has 33 heavy (non-hydrogen) atoms. The summed E-state index contributed by atoms with van der Waals surface area (Å²) in [7, 11) is 0. The Balaban J connectivity index is 1.11. The molecule has 5 rings (SSSR count). The van der Waals surface area contributed by atoms with Crippen molar-refractivity contribution in [3.05, 3.63) is 12.7 Å². The largest absolute Gasteiger partial charge is 0.340 e. The quantitative estimate of drug-likeness (QED) is 0.602. The first kappa shape index (κ1) is 22.7. The number of carbonyl (C=O) groups is 3. The number of amides is 4. The van der Waals surface area contributed by atoms with Crippen molar-refractivity contribution in [2.75, 3.05) is 65.4 Å². The Morgan fingerprint density at radius 2 is 1.67 bits per heavy atom. The molecule has 0 N–H and O–H groups in total. The maximum atomic E-state index is 13.3. The zero-order chi connectivity index (χ0) is 22.9. The molecule has 8 nitrogen and oxygen atoms in total. The van der Waals surface area contributed by atoms with Gasteiger partial charge in [-0.2, -0.15) is 0 Å². The van der Waals surface area contributed by atoms with Gasteiger partial charge in [-0.15, -0.1) is 6.58 Å². The minimum atomic E-state index is 0.0440. The van der Waals surface area contributed by atoms with E-state index in [4.69, 9.17) is 0 Å². The van der Waals surface area contributed by atoms with Crippen LogP contribution in [0.25, 0.3) is 0 Å². The molecule has 8 heteroatoms. The maximum absolute atomic E-state index is 13.3. The van der Waals surface area contributed by atoms with Crippen molar-refractivity contribution in [3.8, 4) is 0 Å². The Hall–Kier alpha value is -2.09. The molecule has 4 amide bonds. The van der Waals surface area contributed by atoms with E-state index in [2.05, 4.69) is 21.3 Å². The van der Waals surface area contributed by atoms with Gasteiger partial charge in [0.25, 0.3) is 0 Å². The summed E-state index contributed by atoms with van der Waals surface area (Å²) in [5.74, 6) is 1.46. The summed E-state index contributed by atoms with van der Waals surface area (Å²) in [4.78, 5) is 49.2. The SMILES string of the molecule is C=CCN1CCN(C(=O)C2CCN(C(=O)N3C[C@@H]4C[C@H](C3)[C@H]3CCCC(=O)N3C4)CC2)CC1. The van der Waals surface area contributed by atoms with Crippen LogP contribution in [0.1, 0.15) is 38.5 Å². The highest BCUT2D eigenvalue weighted by atomic mass is 16.2. The van der Waals surface area contributed by atoms with Gasteiger partial charge < -0.3 is 19.6 Å². The smallest absolute Gasteiger partial charge is 0.320 e. The number of urea groups is 1. The fourth-order valence-electron chi connectivity index (χ4n) is 6.88. The summed E-state index contributed by atoms with van der Waals surface area (Å²) in [6.07, 6.45) is 7.36. The van der Waals surface area contributed by atoms with Gasteiger partial charge in [-0.3, -0.25) is 14.5 Å². The molecule has 182 valence electrons. The van der Waals surface area contributed by atoms with Gasteiger partial charge in [-0.1, -0.05) is 6.08 Å². The van der Waals surface area contributed by atoms with Crippen molar-refractivity contribution in [1.82, 2.24) is 24.5 Å². The predicted molar refractivity (Wildman–Crippen MR) is 125 cm³/mol.